The van der Waals surface area contributed by atoms with Gasteiger partial charge in [-0.25, -0.2) is 0 Å². The van der Waals surface area contributed by atoms with Crippen LogP contribution in [0.4, 0.5) is 0 Å². The Morgan fingerprint density at radius 3 is 2.24 bits per heavy atom. The molecule has 3 aromatic rings. The zero-order valence-corrected chi connectivity index (χ0v) is 23.3. The molecule has 0 spiro atoms. The minimum Gasteiger partial charge on any atom is -0.352 e. The van der Waals surface area contributed by atoms with Crippen molar-refractivity contribution in [3.8, 4) is 0 Å². The molecule has 0 saturated heterocycles. The fourth-order valence-corrected chi connectivity index (χ4v) is 5.47. The molecule has 1 saturated carbocycles. The maximum atomic E-state index is 13.9. The van der Waals surface area contributed by atoms with Crippen LogP contribution >= 0.6 is 46.4 Å². The summed E-state index contributed by atoms with van der Waals surface area (Å²) in [7, 11) is 0. The van der Waals surface area contributed by atoms with E-state index >= 15 is 0 Å². The Bertz CT molecular complexity index is 1250. The Balaban J connectivity index is 1.69. The molecule has 3 aromatic carbocycles. The lowest BCUT2D eigenvalue weighted by atomic mass is 10.0. The molecule has 2 amide bonds. The lowest BCUT2D eigenvalue weighted by Gasteiger charge is -2.32. The standard InChI is InChI=1S/C29H28Cl4N2O2/c30-22-12-11-21(25(32)17-22)18-35(28(36)16-20-10-13-24(31)26(33)14-20)27(15-19-6-2-1-3-7-19)29(37)34-23-8-4-5-9-23/h1-3,6-7,10-14,17,23,27H,4-5,8-9,15-16,18H2,(H,34,37). The molecule has 1 aliphatic rings. The molecule has 8 heteroatoms. The van der Waals surface area contributed by atoms with Crippen LogP contribution in [0.15, 0.2) is 66.7 Å². The summed E-state index contributed by atoms with van der Waals surface area (Å²) in [5.41, 5.74) is 2.38. The van der Waals surface area contributed by atoms with Crippen LogP contribution in [0, 0.1) is 0 Å². The molecule has 1 N–H and O–H groups in total. The van der Waals surface area contributed by atoms with E-state index in [-0.39, 0.29) is 30.8 Å². The second-order valence-corrected chi connectivity index (χ2v) is 11.0. The summed E-state index contributed by atoms with van der Waals surface area (Å²) < 4.78 is 0. The molecule has 4 rings (SSSR count). The van der Waals surface area contributed by atoms with E-state index in [0.717, 1.165) is 31.2 Å². The molecule has 0 bridgehead atoms. The molecule has 1 aliphatic carbocycles. The van der Waals surface area contributed by atoms with Crippen molar-refractivity contribution in [2.75, 3.05) is 0 Å². The summed E-state index contributed by atoms with van der Waals surface area (Å²) in [6.45, 7) is 0.158. The van der Waals surface area contributed by atoms with E-state index in [0.29, 0.717) is 37.6 Å². The number of amides is 2. The quantitative estimate of drug-likeness (QED) is 0.285. The van der Waals surface area contributed by atoms with Crippen LogP contribution in [0.1, 0.15) is 42.4 Å². The average molecular weight is 578 g/mol. The zero-order valence-electron chi connectivity index (χ0n) is 20.2. The predicted molar refractivity (Wildman–Crippen MR) is 152 cm³/mol. The van der Waals surface area contributed by atoms with Crippen LogP contribution < -0.4 is 5.32 Å². The molecule has 1 fully saturated rings. The van der Waals surface area contributed by atoms with E-state index in [1.807, 2.05) is 30.3 Å². The number of benzene rings is 3. The van der Waals surface area contributed by atoms with E-state index in [1.54, 1.807) is 41.3 Å². The van der Waals surface area contributed by atoms with Crippen LogP contribution in [0.3, 0.4) is 0 Å². The Morgan fingerprint density at radius 2 is 1.57 bits per heavy atom. The SMILES string of the molecule is O=C(NC1CCCC1)C(Cc1ccccc1)N(Cc1ccc(Cl)cc1Cl)C(=O)Cc1ccc(Cl)c(Cl)c1. The number of hydrogen-bond donors (Lipinski definition) is 1. The van der Waals surface area contributed by atoms with Crippen molar-refractivity contribution < 1.29 is 9.59 Å². The van der Waals surface area contributed by atoms with E-state index in [4.69, 9.17) is 46.4 Å². The molecular formula is C29H28Cl4N2O2. The predicted octanol–water partition coefficient (Wildman–Crippen LogP) is 7.54. The van der Waals surface area contributed by atoms with Crippen molar-refractivity contribution in [3.05, 3.63) is 104 Å². The Kier molecular flexibility index (Phi) is 9.77. The molecule has 0 radical (unpaired) electrons. The average Bonchev–Trinajstić information content (AvgIpc) is 3.38. The lowest BCUT2D eigenvalue weighted by molar-refractivity contribution is -0.141. The molecule has 1 atom stereocenters. The van der Waals surface area contributed by atoms with Gasteiger partial charge in [-0.1, -0.05) is 102 Å². The molecule has 0 aliphatic heterocycles. The largest absolute Gasteiger partial charge is 0.352 e. The number of nitrogens with zero attached hydrogens (tertiary/aromatic N) is 1. The van der Waals surface area contributed by atoms with Gasteiger partial charge in [0.1, 0.15) is 6.04 Å². The van der Waals surface area contributed by atoms with Crippen molar-refractivity contribution in [1.29, 1.82) is 0 Å². The molecule has 1 unspecified atom stereocenters. The molecular weight excluding hydrogens is 550 g/mol. The lowest BCUT2D eigenvalue weighted by Crippen LogP contribution is -2.52. The normalized spacial score (nSPS) is 14.4. The Hall–Kier alpha value is -2.24. The first-order valence-corrected chi connectivity index (χ1v) is 13.8. The first-order valence-electron chi connectivity index (χ1n) is 12.3. The van der Waals surface area contributed by atoms with Gasteiger partial charge in [0.15, 0.2) is 0 Å². The minimum atomic E-state index is -0.731. The van der Waals surface area contributed by atoms with Gasteiger partial charge in [0.2, 0.25) is 11.8 Å². The Labute approximate surface area is 237 Å². The van der Waals surface area contributed by atoms with Crippen LogP contribution in [0.2, 0.25) is 20.1 Å². The van der Waals surface area contributed by atoms with Crippen LogP contribution in [-0.4, -0.2) is 28.8 Å². The first-order chi connectivity index (χ1) is 17.8. The number of halogens is 4. The van der Waals surface area contributed by atoms with Gasteiger partial charge in [0, 0.05) is 29.1 Å². The second kappa shape index (κ2) is 13.0. The molecule has 0 heterocycles. The number of hydrogen-bond acceptors (Lipinski definition) is 2. The summed E-state index contributed by atoms with van der Waals surface area (Å²) in [5, 5.41) is 4.93. The minimum absolute atomic E-state index is 0.0596. The van der Waals surface area contributed by atoms with Crippen LogP contribution in [0.5, 0.6) is 0 Å². The topological polar surface area (TPSA) is 49.4 Å². The number of nitrogens with one attached hydrogen (secondary N) is 1. The molecule has 4 nitrogen and oxygen atoms in total. The number of rotatable bonds is 9. The smallest absolute Gasteiger partial charge is 0.243 e. The van der Waals surface area contributed by atoms with Gasteiger partial charge >= 0.3 is 0 Å². The van der Waals surface area contributed by atoms with Crippen LogP contribution in [0.25, 0.3) is 0 Å². The van der Waals surface area contributed by atoms with Crippen molar-refractivity contribution in [2.24, 2.45) is 0 Å². The monoisotopic (exact) mass is 576 g/mol. The van der Waals surface area contributed by atoms with Gasteiger partial charge in [-0.2, -0.15) is 0 Å². The van der Waals surface area contributed by atoms with E-state index in [9.17, 15) is 9.59 Å². The summed E-state index contributed by atoms with van der Waals surface area (Å²) in [6.07, 6.45) is 4.51. The third-order valence-corrected chi connectivity index (χ3v) is 7.99. The van der Waals surface area contributed by atoms with Crippen LogP contribution in [-0.2, 0) is 29.0 Å². The fourth-order valence-electron chi connectivity index (χ4n) is 4.68. The van der Waals surface area contributed by atoms with Gasteiger partial charge in [0.05, 0.1) is 16.5 Å². The highest BCUT2D eigenvalue weighted by Crippen LogP contribution is 2.27. The highest BCUT2D eigenvalue weighted by atomic mass is 35.5. The van der Waals surface area contributed by atoms with Crippen molar-refractivity contribution in [2.45, 2.75) is 57.2 Å². The summed E-state index contributed by atoms with van der Waals surface area (Å²) in [5.74, 6) is -0.379. The highest BCUT2D eigenvalue weighted by Gasteiger charge is 2.32. The van der Waals surface area contributed by atoms with Gasteiger partial charge in [-0.15, -0.1) is 0 Å². The van der Waals surface area contributed by atoms with Gasteiger partial charge in [0.25, 0.3) is 0 Å². The summed E-state index contributed by atoms with van der Waals surface area (Å²) in [6, 6.07) is 19.4. The molecule has 194 valence electrons. The van der Waals surface area contributed by atoms with Crippen molar-refractivity contribution in [3.63, 3.8) is 0 Å². The van der Waals surface area contributed by atoms with Crippen molar-refractivity contribution in [1.82, 2.24) is 10.2 Å². The molecule has 37 heavy (non-hydrogen) atoms. The number of carbonyl (C=O) groups is 2. The van der Waals surface area contributed by atoms with Crippen molar-refractivity contribution >= 4 is 58.2 Å². The van der Waals surface area contributed by atoms with Gasteiger partial charge in [-0.3, -0.25) is 9.59 Å². The maximum Gasteiger partial charge on any atom is 0.243 e. The van der Waals surface area contributed by atoms with Gasteiger partial charge < -0.3 is 10.2 Å². The van der Waals surface area contributed by atoms with Gasteiger partial charge in [-0.05, 0) is 53.8 Å². The zero-order chi connectivity index (χ0) is 26.4. The second-order valence-electron chi connectivity index (χ2n) is 9.38. The third kappa shape index (κ3) is 7.64. The number of carbonyl (C=O) groups excluding carboxylic acids is 2. The maximum absolute atomic E-state index is 13.9. The fraction of sp³-hybridized carbons (Fsp3) is 0.310. The Morgan fingerprint density at radius 1 is 0.838 bits per heavy atom. The first kappa shape index (κ1) is 27.8. The summed E-state index contributed by atoms with van der Waals surface area (Å²) in [4.78, 5) is 29.2. The third-order valence-electron chi connectivity index (χ3n) is 6.67. The summed E-state index contributed by atoms with van der Waals surface area (Å²) >= 11 is 24.9. The van der Waals surface area contributed by atoms with E-state index < -0.39 is 6.04 Å². The molecule has 0 aromatic heterocycles. The van der Waals surface area contributed by atoms with E-state index in [1.165, 1.54) is 0 Å². The highest BCUT2D eigenvalue weighted by molar-refractivity contribution is 6.42. The van der Waals surface area contributed by atoms with E-state index in [2.05, 4.69) is 5.32 Å².